The van der Waals surface area contributed by atoms with Gasteiger partial charge < -0.3 is 15.3 Å². The number of phenolic OH excluding ortho intramolecular Hbond substituents is 1. The van der Waals surface area contributed by atoms with Crippen LogP contribution in [0.1, 0.15) is 31.7 Å². The van der Waals surface area contributed by atoms with Gasteiger partial charge in [0.05, 0.1) is 6.04 Å². The molecule has 3 rings (SSSR count). The molecule has 0 unspecified atom stereocenters. The summed E-state index contributed by atoms with van der Waals surface area (Å²) in [5.74, 6) is 0.740. The zero-order chi connectivity index (χ0) is 19.9. The minimum atomic E-state index is -0.129. The lowest BCUT2D eigenvalue weighted by Crippen LogP contribution is -2.54. The fourth-order valence-corrected chi connectivity index (χ4v) is 3.79. The van der Waals surface area contributed by atoms with E-state index in [1.165, 1.54) is 5.56 Å². The lowest BCUT2D eigenvalue weighted by atomic mass is 9.96. The van der Waals surface area contributed by atoms with Crippen LogP contribution in [0.5, 0.6) is 5.75 Å². The highest BCUT2D eigenvalue weighted by Gasteiger charge is 2.26. The van der Waals surface area contributed by atoms with E-state index in [9.17, 15) is 9.90 Å². The molecule has 1 aliphatic rings. The van der Waals surface area contributed by atoms with E-state index in [1.54, 1.807) is 12.1 Å². The number of anilines is 1. The number of carbonyl (C=O) groups is 1. The van der Waals surface area contributed by atoms with Crippen LogP contribution in [0.3, 0.4) is 0 Å². The molecule has 1 amide bonds. The molecule has 0 aromatic heterocycles. The van der Waals surface area contributed by atoms with Gasteiger partial charge in [-0.3, -0.25) is 9.69 Å². The van der Waals surface area contributed by atoms with Crippen molar-refractivity contribution < 1.29 is 9.90 Å². The Morgan fingerprint density at radius 3 is 2.29 bits per heavy atom. The van der Waals surface area contributed by atoms with E-state index in [1.807, 2.05) is 25.1 Å². The number of amides is 1. The largest absolute Gasteiger partial charge is 0.508 e. The Morgan fingerprint density at radius 1 is 1.04 bits per heavy atom. The van der Waals surface area contributed by atoms with Crippen molar-refractivity contribution in [2.24, 2.45) is 0 Å². The summed E-state index contributed by atoms with van der Waals surface area (Å²) in [4.78, 5) is 17.2. The van der Waals surface area contributed by atoms with Gasteiger partial charge in [0.1, 0.15) is 5.75 Å². The second-order valence-corrected chi connectivity index (χ2v) is 7.48. The molecule has 2 N–H and O–H groups in total. The summed E-state index contributed by atoms with van der Waals surface area (Å²) in [7, 11) is 0. The Morgan fingerprint density at radius 2 is 1.68 bits per heavy atom. The number of piperazine rings is 1. The van der Waals surface area contributed by atoms with E-state index in [0.29, 0.717) is 12.5 Å². The highest BCUT2D eigenvalue weighted by Crippen LogP contribution is 2.21. The van der Waals surface area contributed by atoms with Crippen molar-refractivity contribution in [3.8, 4) is 5.75 Å². The van der Waals surface area contributed by atoms with Crippen LogP contribution in [-0.2, 0) is 4.79 Å². The molecule has 0 radical (unpaired) electrons. The normalized spacial score (nSPS) is 17.1. The first-order chi connectivity index (χ1) is 13.6. The molecule has 2 aromatic carbocycles. The first kappa shape index (κ1) is 20.2. The number of carbonyl (C=O) groups excluding carboxylic acids is 1. The van der Waals surface area contributed by atoms with Gasteiger partial charge in [0.25, 0.3) is 0 Å². The SMILES string of the molecule is CC[C@H](CNC(=O)[C@@H](C)N1CCN(c2ccc(O)cc2)CC1)c1ccccc1. The van der Waals surface area contributed by atoms with Gasteiger partial charge in [-0.1, -0.05) is 37.3 Å². The topological polar surface area (TPSA) is 55.8 Å². The Hall–Kier alpha value is -2.53. The molecule has 0 spiro atoms. The van der Waals surface area contributed by atoms with Crippen molar-refractivity contribution in [2.45, 2.75) is 32.2 Å². The number of nitrogens with zero attached hydrogens (tertiary/aromatic N) is 2. The Bertz CT molecular complexity index is 740. The number of aromatic hydroxyl groups is 1. The quantitative estimate of drug-likeness (QED) is 0.773. The van der Waals surface area contributed by atoms with Crippen molar-refractivity contribution in [3.05, 3.63) is 60.2 Å². The van der Waals surface area contributed by atoms with E-state index >= 15 is 0 Å². The van der Waals surface area contributed by atoms with Gasteiger partial charge in [-0.15, -0.1) is 0 Å². The molecule has 5 heteroatoms. The maximum Gasteiger partial charge on any atom is 0.237 e. The first-order valence-electron chi connectivity index (χ1n) is 10.2. The average molecular weight is 382 g/mol. The summed E-state index contributed by atoms with van der Waals surface area (Å²) in [6, 6.07) is 17.6. The van der Waals surface area contributed by atoms with Gasteiger partial charge >= 0.3 is 0 Å². The van der Waals surface area contributed by atoms with Crippen LogP contribution in [0.2, 0.25) is 0 Å². The number of benzene rings is 2. The van der Waals surface area contributed by atoms with Crippen LogP contribution in [0.15, 0.2) is 54.6 Å². The number of hydrogen-bond acceptors (Lipinski definition) is 4. The standard InChI is InChI=1S/C23H31N3O2/c1-3-19(20-7-5-4-6-8-20)17-24-23(28)18(2)25-13-15-26(16-14-25)21-9-11-22(27)12-10-21/h4-12,18-19,27H,3,13-17H2,1-2H3,(H,24,28)/t18-,19-/m1/s1. The predicted octanol–water partition coefficient (Wildman–Crippen LogP) is 3.21. The Labute approximate surface area is 168 Å². The average Bonchev–Trinajstić information content (AvgIpc) is 2.75. The summed E-state index contributed by atoms with van der Waals surface area (Å²) in [6.07, 6.45) is 1.00. The Kier molecular flexibility index (Phi) is 6.93. The molecule has 28 heavy (non-hydrogen) atoms. The van der Waals surface area contributed by atoms with Crippen LogP contribution in [-0.4, -0.2) is 54.7 Å². The summed E-state index contributed by atoms with van der Waals surface area (Å²) < 4.78 is 0. The van der Waals surface area contributed by atoms with Crippen molar-refractivity contribution in [1.82, 2.24) is 10.2 Å². The van der Waals surface area contributed by atoms with E-state index in [0.717, 1.165) is 38.3 Å². The maximum absolute atomic E-state index is 12.7. The molecule has 2 atom stereocenters. The Balaban J connectivity index is 1.48. The molecule has 1 fully saturated rings. The second-order valence-electron chi connectivity index (χ2n) is 7.48. The van der Waals surface area contributed by atoms with E-state index in [2.05, 4.69) is 46.3 Å². The third kappa shape index (κ3) is 5.04. The van der Waals surface area contributed by atoms with Crippen LogP contribution in [0.25, 0.3) is 0 Å². The summed E-state index contributed by atoms with van der Waals surface area (Å²) >= 11 is 0. The van der Waals surface area contributed by atoms with Crippen molar-refractivity contribution in [2.75, 3.05) is 37.6 Å². The van der Waals surface area contributed by atoms with Gasteiger partial charge in [0.15, 0.2) is 0 Å². The molecule has 0 aliphatic carbocycles. The molecule has 5 nitrogen and oxygen atoms in total. The van der Waals surface area contributed by atoms with Crippen molar-refractivity contribution in [3.63, 3.8) is 0 Å². The third-order valence-electron chi connectivity index (χ3n) is 5.74. The molecule has 150 valence electrons. The number of hydrogen-bond donors (Lipinski definition) is 2. The lowest BCUT2D eigenvalue weighted by molar-refractivity contribution is -0.126. The van der Waals surface area contributed by atoms with Crippen LogP contribution in [0.4, 0.5) is 5.69 Å². The van der Waals surface area contributed by atoms with E-state index in [-0.39, 0.29) is 17.7 Å². The van der Waals surface area contributed by atoms with Crippen LogP contribution < -0.4 is 10.2 Å². The maximum atomic E-state index is 12.7. The van der Waals surface area contributed by atoms with Crippen LogP contribution in [0, 0.1) is 0 Å². The van der Waals surface area contributed by atoms with Crippen LogP contribution >= 0.6 is 0 Å². The monoisotopic (exact) mass is 381 g/mol. The zero-order valence-corrected chi connectivity index (χ0v) is 16.8. The van der Waals surface area contributed by atoms with E-state index < -0.39 is 0 Å². The third-order valence-corrected chi connectivity index (χ3v) is 5.74. The number of phenols is 1. The minimum absolute atomic E-state index is 0.104. The first-order valence-corrected chi connectivity index (χ1v) is 10.2. The van der Waals surface area contributed by atoms with Gasteiger partial charge in [-0.25, -0.2) is 0 Å². The molecule has 1 aliphatic heterocycles. The molecule has 1 saturated heterocycles. The molecule has 2 aromatic rings. The molecule has 1 heterocycles. The summed E-state index contributed by atoms with van der Waals surface area (Å²) in [5, 5.41) is 12.6. The fraction of sp³-hybridized carbons (Fsp3) is 0.435. The fourth-order valence-electron chi connectivity index (χ4n) is 3.79. The molecular weight excluding hydrogens is 350 g/mol. The smallest absolute Gasteiger partial charge is 0.237 e. The summed E-state index contributed by atoms with van der Waals surface area (Å²) in [5.41, 5.74) is 2.39. The summed E-state index contributed by atoms with van der Waals surface area (Å²) in [6.45, 7) is 8.30. The van der Waals surface area contributed by atoms with Gasteiger partial charge in [0.2, 0.25) is 5.91 Å². The molecular formula is C23H31N3O2. The molecule has 0 saturated carbocycles. The highest BCUT2D eigenvalue weighted by molar-refractivity contribution is 5.81. The van der Waals surface area contributed by atoms with Crippen molar-refractivity contribution in [1.29, 1.82) is 0 Å². The van der Waals surface area contributed by atoms with Crippen molar-refractivity contribution >= 4 is 11.6 Å². The van der Waals surface area contributed by atoms with E-state index in [4.69, 9.17) is 0 Å². The van der Waals surface area contributed by atoms with Gasteiger partial charge in [0, 0.05) is 44.3 Å². The number of rotatable bonds is 7. The van der Waals surface area contributed by atoms with Gasteiger partial charge in [-0.05, 0) is 43.2 Å². The number of nitrogens with one attached hydrogen (secondary N) is 1. The second kappa shape index (κ2) is 9.60. The lowest BCUT2D eigenvalue weighted by Gasteiger charge is -2.38. The zero-order valence-electron chi connectivity index (χ0n) is 16.8. The molecule has 0 bridgehead atoms. The van der Waals surface area contributed by atoms with Gasteiger partial charge in [-0.2, -0.15) is 0 Å². The predicted molar refractivity (Wildman–Crippen MR) is 114 cm³/mol. The highest BCUT2D eigenvalue weighted by atomic mass is 16.3. The minimum Gasteiger partial charge on any atom is -0.508 e.